The van der Waals surface area contributed by atoms with Crippen molar-refractivity contribution in [2.24, 2.45) is 0 Å². The Kier molecular flexibility index (Phi) is 5.04. The first-order valence-corrected chi connectivity index (χ1v) is 8.59. The minimum absolute atomic E-state index is 0.0103. The van der Waals surface area contributed by atoms with Crippen molar-refractivity contribution in [1.82, 2.24) is 10.3 Å². The fourth-order valence-electron chi connectivity index (χ4n) is 3.22. The van der Waals surface area contributed by atoms with Crippen LogP contribution < -0.4 is 10.2 Å². The molecule has 1 aliphatic rings. The van der Waals surface area contributed by atoms with Crippen molar-refractivity contribution in [3.05, 3.63) is 35.9 Å². The Morgan fingerprint density at radius 3 is 2.71 bits per heavy atom. The van der Waals surface area contributed by atoms with Gasteiger partial charge in [-0.15, -0.1) is 0 Å². The number of aliphatic hydroxyl groups is 1. The largest absolute Gasteiger partial charge is 0.388 e. The molecule has 2 aromatic rings. The van der Waals surface area contributed by atoms with Crippen LogP contribution in [0.25, 0.3) is 10.9 Å². The van der Waals surface area contributed by atoms with Crippen molar-refractivity contribution in [3.8, 4) is 0 Å². The third-order valence-corrected chi connectivity index (χ3v) is 5.01. The summed E-state index contributed by atoms with van der Waals surface area (Å²) in [5.41, 5.74) is 1.51. The minimum Gasteiger partial charge on any atom is -0.388 e. The Hall–Kier alpha value is -1.69. The molecule has 1 saturated heterocycles. The van der Waals surface area contributed by atoms with Crippen LogP contribution in [0.2, 0.25) is 0 Å². The first-order chi connectivity index (χ1) is 11.5. The van der Waals surface area contributed by atoms with Crippen molar-refractivity contribution in [3.63, 3.8) is 0 Å². The lowest BCUT2D eigenvalue weighted by Gasteiger charge is -2.37. The average Bonchev–Trinajstić information content (AvgIpc) is 2.59. The second-order valence-electron chi connectivity index (χ2n) is 6.87. The van der Waals surface area contributed by atoms with E-state index in [-0.39, 0.29) is 6.04 Å². The maximum atomic E-state index is 10.8. The van der Waals surface area contributed by atoms with Gasteiger partial charge in [0.05, 0.1) is 11.1 Å². The molecular weight excluding hydrogens is 302 g/mol. The smallest absolute Gasteiger partial charge is 0.129 e. The molecule has 1 atom stereocenters. The van der Waals surface area contributed by atoms with Gasteiger partial charge in [-0.1, -0.05) is 18.2 Å². The predicted octanol–water partition coefficient (Wildman–Crippen LogP) is 2.32. The topological polar surface area (TPSA) is 57.6 Å². The molecule has 0 spiro atoms. The summed E-state index contributed by atoms with van der Waals surface area (Å²) in [4.78, 5) is 6.72. The molecule has 1 aromatic carbocycles. The molecule has 2 heterocycles. The Morgan fingerprint density at radius 1 is 1.29 bits per heavy atom. The van der Waals surface area contributed by atoms with E-state index in [2.05, 4.69) is 24.4 Å². The zero-order valence-corrected chi connectivity index (χ0v) is 14.7. The van der Waals surface area contributed by atoms with E-state index in [0.717, 1.165) is 16.7 Å². The molecule has 0 amide bonds. The molecular formula is C19H27N3O2. The van der Waals surface area contributed by atoms with E-state index in [1.807, 2.05) is 37.2 Å². The van der Waals surface area contributed by atoms with Crippen LogP contribution in [0.5, 0.6) is 0 Å². The van der Waals surface area contributed by atoms with Crippen LogP contribution in [-0.4, -0.2) is 49.0 Å². The molecule has 0 saturated carbocycles. The average molecular weight is 329 g/mol. The monoisotopic (exact) mass is 329 g/mol. The fraction of sp³-hybridized carbons (Fsp3) is 0.526. The quantitative estimate of drug-likeness (QED) is 0.882. The molecule has 5 nitrogen and oxygen atoms in total. The Morgan fingerprint density at radius 2 is 2.00 bits per heavy atom. The van der Waals surface area contributed by atoms with Gasteiger partial charge in [-0.2, -0.15) is 0 Å². The first kappa shape index (κ1) is 17.1. The molecule has 24 heavy (non-hydrogen) atoms. The molecule has 0 bridgehead atoms. The number of anilines is 1. The van der Waals surface area contributed by atoms with E-state index in [4.69, 9.17) is 9.72 Å². The summed E-state index contributed by atoms with van der Waals surface area (Å²) in [7, 11) is 4.00. The van der Waals surface area contributed by atoms with Crippen LogP contribution in [0, 0.1) is 0 Å². The summed E-state index contributed by atoms with van der Waals surface area (Å²) in [6, 6.07) is 10.3. The fourth-order valence-corrected chi connectivity index (χ4v) is 3.22. The van der Waals surface area contributed by atoms with E-state index in [1.165, 1.54) is 5.56 Å². The lowest BCUT2D eigenvalue weighted by Crippen LogP contribution is -2.51. The maximum Gasteiger partial charge on any atom is 0.129 e. The van der Waals surface area contributed by atoms with Gasteiger partial charge in [0.2, 0.25) is 0 Å². The van der Waals surface area contributed by atoms with Gasteiger partial charge in [-0.25, -0.2) is 4.98 Å². The lowest BCUT2D eigenvalue weighted by molar-refractivity contribution is -0.0819. The summed E-state index contributed by atoms with van der Waals surface area (Å²) < 4.78 is 5.38. The van der Waals surface area contributed by atoms with Crippen LogP contribution in [0.3, 0.4) is 0 Å². The number of para-hydroxylation sites is 1. The van der Waals surface area contributed by atoms with Crippen LogP contribution >= 0.6 is 0 Å². The minimum atomic E-state index is -0.689. The summed E-state index contributed by atoms with van der Waals surface area (Å²) in [5, 5.41) is 15.5. The Bertz CT molecular complexity index is 696. The van der Waals surface area contributed by atoms with E-state index in [0.29, 0.717) is 32.6 Å². The second-order valence-corrected chi connectivity index (χ2v) is 6.87. The number of benzene rings is 1. The molecule has 0 aliphatic carbocycles. The molecule has 2 N–H and O–H groups in total. The predicted molar refractivity (Wildman–Crippen MR) is 97.4 cm³/mol. The molecule has 3 rings (SSSR count). The van der Waals surface area contributed by atoms with Gasteiger partial charge in [0, 0.05) is 58.1 Å². The van der Waals surface area contributed by atoms with Crippen molar-refractivity contribution in [1.29, 1.82) is 0 Å². The van der Waals surface area contributed by atoms with Crippen LogP contribution in [0.15, 0.2) is 30.3 Å². The van der Waals surface area contributed by atoms with Gasteiger partial charge in [-0.3, -0.25) is 0 Å². The van der Waals surface area contributed by atoms with Crippen molar-refractivity contribution in [2.75, 3.05) is 32.2 Å². The van der Waals surface area contributed by atoms with Crippen molar-refractivity contribution < 1.29 is 9.84 Å². The Labute approximate surface area is 143 Å². The molecule has 130 valence electrons. The van der Waals surface area contributed by atoms with Gasteiger partial charge in [-0.05, 0) is 24.6 Å². The van der Waals surface area contributed by atoms with Crippen LogP contribution in [-0.2, 0) is 11.3 Å². The number of ether oxygens (including phenoxy) is 1. The van der Waals surface area contributed by atoms with E-state index >= 15 is 0 Å². The highest BCUT2D eigenvalue weighted by atomic mass is 16.5. The Balaban J connectivity index is 1.81. The maximum absolute atomic E-state index is 10.8. The van der Waals surface area contributed by atoms with Gasteiger partial charge < -0.3 is 20.1 Å². The zero-order valence-electron chi connectivity index (χ0n) is 14.7. The first-order valence-electron chi connectivity index (χ1n) is 8.59. The third-order valence-electron chi connectivity index (χ3n) is 5.01. The highest BCUT2D eigenvalue weighted by Gasteiger charge is 2.35. The summed E-state index contributed by atoms with van der Waals surface area (Å²) in [6.07, 6.45) is 1.36. The second kappa shape index (κ2) is 7.05. The number of aromatic nitrogens is 1. The highest BCUT2D eigenvalue weighted by Crippen LogP contribution is 2.26. The molecule has 5 heteroatoms. The normalized spacial score (nSPS) is 18.5. The molecule has 1 fully saturated rings. The summed E-state index contributed by atoms with van der Waals surface area (Å²) >= 11 is 0. The van der Waals surface area contributed by atoms with Gasteiger partial charge in [0.1, 0.15) is 5.82 Å². The molecule has 1 aromatic heterocycles. The number of fused-ring (bicyclic) bond motifs is 1. The zero-order chi connectivity index (χ0) is 17.2. The highest BCUT2D eigenvalue weighted by molar-refractivity contribution is 5.84. The van der Waals surface area contributed by atoms with Gasteiger partial charge >= 0.3 is 0 Å². The van der Waals surface area contributed by atoms with Gasteiger partial charge in [0.25, 0.3) is 0 Å². The number of nitrogens with one attached hydrogen (secondary N) is 1. The third kappa shape index (κ3) is 3.53. The summed E-state index contributed by atoms with van der Waals surface area (Å²) in [6.45, 7) is 4.02. The SMILES string of the molecule is CC(NCc1cc(N(C)C)nc2ccccc12)C1(O)CCOCC1. The number of nitrogens with zero attached hydrogens (tertiary/aromatic N) is 2. The summed E-state index contributed by atoms with van der Waals surface area (Å²) in [5.74, 6) is 0.947. The van der Waals surface area contributed by atoms with Crippen molar-refractivity contribution in [2.45, 2.75) is 38.0 Å². The van der Waals surface area contributed by atoms with E-state index in [1.54, 1.807) is 0 Å². The number of rotatable bonds is 5. The number of pyridine rings is 1. The van der Waals surface area contributed by atoms with Crippen LogP contribution in [0.1, 0.15) is 25.3 Å². The number of hydrogen-bond donors (Lipinski definition) is 2. The molecule has 1 unspecified atom stereocenters. The van der Waals surface area contributed by atoms with E-state index < -0.39 is 5.60 Å². The standard InChI is InChI=1S/C19H27N3O2/c1-14(19(23)8-10-24-11-9-19)20-13-15-12-18(22(2)3)21-17-7-5-4-6-16(15)17/h4-7,12,14,20,23H,8-11,13H2,1-3H3. The lowest BCUT2D eigenvalue weighted by atomic mass is 9.87. The van der Waals surface area contributed by atoms with E-state index in [9.17, 15) is 5.11 Å². The van der Waals surface area contributed by atoms with Crippen molar-refractivity contribution >= 4 is 16.7 Å². The number of hydrogen-bond acceptors (Lipinski definition) is 5. The van der Waals surface area contributed by atoms with Crippen LogP contribution in [0.4, 0.5) is 5.82 Å². The molecule has 0 radical (unpaired) electrons. The molecule has 1 aliphatic heterocycles. The van der Waals surface area contributed by atoms with Gasteiger partial charge in [0.15, 0.2) is 0 Å².